The summed E-state index contributed by atoms with van der Waals surface area (Å²) in [6.07, 6.45) is -3.92. The second-order valence-electron chi connectivity index (χ2n) is 3.12. The topological polar surface area (TPSA) is 35.0 Å². The molecule has 0 spiro atoms. The summed E-state index contributed by atoms with van der Waals surface area (Å²) < 4.78 is 40.4. The molecule has 0 atom stereocenters. The molecule has 90 valence electrons. The molecule has 0 N–H and O–H groups in total. The predicted molar refractivity (Wildman–Crippen MR) is 52.7 cm³/mol. The highest BCUT2D eigenvalue weighted by molar-refractivity contribution is 6.30. The summed E-state index contributed by atoms with van der Waals surface area (Å²) in [4.78, 5) is 7.73. The number of alkyl halides is 3. The van der Waals surface area contributed by atoms with Crippen LogP contribution >= 0.6 is 11.6 Å². The fraction of sp³-hybridized carbons (Fsp3) is 0.556. The van der Waals surface area contributed by atoms with Gasteiger partial charge in [0, 0.05) is 12.0 Å². The second-order valence-corrected chi connectivity index (χ2v) is 3.48. The van der Waals surface area contributed by atoms with Crippen LogP contribution in [0.15, 0.2) is 0 Å². The van der Waals surface area contributed by atoms with Crippen molar-refractivity contribution in [1.29, 1.82) is 0 Å². The summed E-state index contributed by atoms with van der Waals surface area (Å²) in [5.41, 5.74) is 0.308. The van der Waals surface area contributed by atoms with Crippen molar-refractivity contribution in [3.63, 3.8) is 0 Å². The maximum absolute atomic E-state index is 12.0. The van der Waals surface area contributed by atoms with Gasteiger partial charge in [-0.1, -0.05) is 18.5 Å². The molecule has 1 heterocycles. The van der Waals surface area contributed by atoms with Crippen LogP contribution in [0.1, 0.15) is 18.3 Å². The average Bonchev–Trinajstić information content (AvgIpc) is 2.18. The van der Waals surface area contributed by atoms with Gasteiger partial charge < -0.3 is 4.74 Å². The van der Waals surface area contributed by atoms with E-state index < -0.39 is 12.8 Å². The lowest BCUT2D eigenvalue weighted by atomic mass is 10.3. The molecule has 0 aliphatic carbocycles. The van der Waals surface area contributed by atoms with Gasteiger partial charge in [0.05, 0.1) is 0 Å². The number of ether oxygens (including phenoxy) is 1. The summed E-state index contributed by atoms with van der Waals surface area (Å²) >= 11 is 5.74. The summed E-state index contributed by atoms with van der Waals surface area (Å²) in [6, 6.07) is 0. The SMILES string of the molecule is CCc1nc(Cl)c(C)c(OCC(F)(F)F)n1. The van der Waals surface area contributed by atoms with E-state index in [0.29, 0.717) is 17.8 Å². The Morgan fingerprint density at radius 1 is 1.31 bits per heavy atom. The van der Waals surface area contributed by atoms with E-state index in [1.54, 1.807) is 6.92 Å². The third kappa shape index (κ3) is 3.52. The highest BCUT2D eigenvalue weighted by atomic mass is 35.5. The molecule has 1 aromatic rings. The lowest BCUT2D eigenvalue weighted by Crippen LogP contribution is -2.20. The van der Waals surface area contributed by atoms with E-state index in [9.17, 15) is 13.2 Å². The first-order chi connectivity index (χ1) is 7.33. The number of hydrogen-bond acceptors (Lipinski definition) is 3. The minimum atomic E-state index is -4.39. The van der Waals surface area contributed by atoms with Crippen molar-refractivity contribution in [2.75, 3.05) is 6.61 Å². The largest absolute Gasteiger partial charge is 0.468 e. The third-order valence-corrected chi connectivity index (χ3v) is 2.14. The van der Waals surface area contributed by atoms with Crippen molar-refractivity contribution in [3.05, 3.63) is 16.5 Å². The second kappa shape index (κ2) is 4.86. The molecule has 1 rings (SSSR count). The van der Waals surface area contributed by atoms with Crippen molar-refractivity contribution in [2.24, 2.45) is 0 Å². The third-order valence-electron chi connectivity index (χ3n) is 1.78. The Balaban J connectivity index is 2.90. The smallest absolute Gasteiger partial charge is 0.422 e. The minimum Gasteiger partial charge on any atom is -0.468 e. The normalized spacial score (nSPS) is 11.6. The molecule has 3 nitrogen and oxygen atoms in total. The highest BCUT2D eigenvalue weighted by Crippen LogP contribution is 2.24. The summed E-state index contributed by atoms with van der Waals surface area (Å²) in [5, 5.41) is 0.115. The van der Waals surface area contributed by atoms with Gasteiger partial charge in [-0.25, -0.2) is 4.98 Å². The van der Waals surface area contributed by atoms with Gasteiger partial charge in [0.2, 0.25) is 5.88 Å². The Morgan fingerprint density at radius 2 is 1.94 bits per heavy atom. The number of halogens is 4. The molecule has 0 saturated heterocycles. The Kier molecular flexibility index (Phi) is 3.96. The summed E-state index contributed by atoms with van der Waals surface area (Å²) in [6.45, 7) is 1.90. The molecule has 0 aromatic carbocycles. The van der Waals surface area contributed by atoms with E-state index in [2.05, 4.69) is 14.7 Å². The Labute approximate surface area is 95.6 Å². The van der Waals surface area contributed by atoms with Gasteiger partial charge in [-0.2, -0.15) is 18.2 Å². The molecule has 0 radical (unpaired) electrons. The Bertz CT molecular complexity index is 382. The van der Waals surface area contributed by atoms with Gasteiger partial charge in [-0.3, -0.25) is 0 Å². The van der Waals surface area contributed by atoms with Crippen LogP contribution in [0.2, 0.25) is 5.15 Å². The fourth-order valence-electron chi connectivity index (χ4n) is 0.960. The molecule has 1 aromatic heterocycles. The molecule has 0 unspecified atom stereocenters. The molecular formula is C9H10ClF3N2O. The van der Waals surface area contributed by atoms with Gasteiger partial charge in [-0.15, -0.1) is 0 Å². The number of rotatable bonds is 3. The molecule has 0 bridgehead atoms. The maximum Gasteiger partial charge on any atom is 0.422 e. The van der Waals surface area contributed by atoms with Gasteiger partial charge >= 0.3 is 6.18 Å². The van der Waals surface area contributed by atoms with E-state index in [1.807, 2.05) is 0 Å². The first-order valence-corrected chi connectivity index (χ1v) is 4.94. The van der Waals surface area contributed by atoms with Crippen LogP contribution in [0.4, 0.5) is 13.2 Å². The molecule has 0 amide bonds. The number of hydrogen-bond donors (Lipinski definition) is 0. The zero-order valence-corrected chi connectivity index (χ0v) is 9.48. The molecule has 0 aliphatic heterocycles. The Hall–Kier alpha value is -1.04. The van der Waals surface area contributed by atoms with Crippen molar-refractivity contribution in [1.82, 2.24) is 9.97 Å². The van der Waals surface area contributed by atoms with Crippen LogP contribution in [0.3, 0.4) is 0 Å². The van der Waals surface area contributed by atoms with Crippen LogP contribution in [-0.4, -0.2) is 22.8 Å². The molecule has 7 heteroatoms. The van der Waals surface area contributed by atoms with E-state index in [0.717, 1.165) is 0 Å². The van der Waals surface area contributed by atoms with Crippen LogP contribution in [0, 0.1) is 6.92 Å². The van der Waals surface area contributed by atoms with Crippen LogP contribution in [0.5, 0.6) is 5.88 Å². The molecule has 0 aliphatic rings. The summed E-state index contributed by atoms with van der Waals surface area (Å²) in [5.74, 6) is 0.238. The Morgan fingerprint density at radius 3 is 2.44 bits per heavy atom. The standard InChI is InChI=1S/C9H10ClF3N2O/c1-3-6-14-7(10)5(2)8(15-6)16-4-9(11,12)13/h3-4H2,1-2H3. The first-order valence-electron chi connectivity index (χ1n) is 4.56. The summed E-state index contributed by atoms with van der Waals surface area (Å²) in [7, 11) is 0. The fourth-order valence-corrected chi connectivity index (χ4v) is 1.14. The molecule has 0 saturated carbocycles. The number of nitrogens with zero attached hydrogens (tertiary/aromatic N) is 2. The lowest BCUT2D eigenvalue weighted by Gasteiger charge is -2.11. The zero-order chi connectivity index (χ0) is 12.3. The highest BCUT2D eigenvalue weighted by Gasteiger charge is 2.29. The van der Waals surface area contributed by atoms with Gasteiger partial charge in [0.15, 0.2) is 6.61 Å². The first kappa shape index (κ1) is 13.0. The van der Waals surface area contributed by atoms with Crippen LogP contribution in [-0.2, 0) is 6.42 Å². The zero-order valence-electron chi connectivity index (χ0n) is 8.73. The minimum absolute atomic E-state index is 0.115. The average molecular weight is 255 g/mol. The number of aromatic nitrogens is 2. The van der Waals surface area contributed by atoms with Crippen molar-refractivity contribution < 1.29 is 17.9 Å². The monoisotopic (exact) mass is 254 g/mol. The van der Waals surface area contributed by atoms with Crippen LogP contribution in [0.25, 0.3) is 0 Å². The van der Waals surface area contributed by atoms with E-state index in [1.165, 1.54) is 6.92 Å². The van der Waals surface area contributed by atoms with Crippen LogP contribution < -0.4 is 4.74 Å². The molecular weight excluding hydrogens is 245 g/mol. The maximum atomic E-state index is 12.0. The van der Waals surface area contributed by atoms with E-state index in [4.69, 9.17) is 11.6 Å². The van der Waals surface area contributed by atoms with Crippen molar-refractivity contribution in [2.45, 2.75) is 26.4 Å². The van der Waals surface area contributed by atoms with Gasteiger partial charge in [-0.05, 0) is 6.92 Å². The lowest BCUT2D eigenvalue weighted by molar-refractivity contribution is -0.154. The molecule has 0 fully saturated rings. The number of aryl methyl sites for hydroxylation is 1. The van der Waals surface area contributed by atoms with Crippen molar-refractivity contribution in [3.8, 4) is 5.88 Å². The van der Waals surface area contributed by atoms with Crippen molar-refractivity contribution >= 4 is 11.6 Å². The van der Waals surface area contributed by atoms with E-state index in [-0.39, 0.29) is 11.0 Å². The molecule has 16 heavy (non-hydrogen) atoms. The van der Waals surface area contributed by atoms with Gasteiger partial charge in [0.25, 0.3) is 0 Å². The van der Waals surface area contributed by atoms with E-state index >= 15 is 0 Å². The quantitative estimate of drug-likeness (QED) is 0.778. The van der Waals surface area contributed by atoms with Gasteiger partial charge in [0.1, 0.15) is 11.0 Å². The predicted octanol–water partition coefficient (Wildman–Crippen LogP) is 2.94.